The second-order valence-electron chi connectivity index (χ2n) is 5.29. The maximum Gasteiger partial charge on any atom is 0.191 e. The normalized spacial score (nSPS) is 18.7. The fourth-order valence-corrected chi connectivity index (χ4v) is 3.78. The molecule has 1 atom stereocenters. The Balaban J connectivity index is 2.27. The highest BCUT2D eigenvalue weighted by Crippen LogP contribution is 2.40. The fraction of sp³-hybridized carbons (Fsp3) is 0.500. The van der Waals surface area contributed by atoms with Crippen LogP contribution in [0.2, 0.25) is 15.2 Å². The van der Waals surface area contributed by atoms with Gasteiger partial charge in [0.15, 0.2) is 16.0 Å². The number of fused-ring (bicyclic) bond motifs is 1. The lowest BCUT2D eigenvalue weighted by molar-refractivity contribution is 0.239. The summed E-state index contributed by atoms with van der Waals surface area (Å²) in [6, 6.07) is 0.00192. The van der Waals surface area contributed by atoms with Gasteiger partial charge < -0.3 is 10.0 Å². The topological polar surface area (TPSA) is 62.1 Å². The van der Waals surface area contributed by atoms with E-state index in [1.165, 1.54) is 11.8 Å². The highest BCUT2D eigenvalue weighted by molar-refractivity contribution is 7.98. The number of hydrogen-bond acceptors (Lipinski definition) is 6. The van der Waals surface area contributed by atoms with Gasteiger partial charge in [0, 0.05) is 6.54 Å². The summed E-state index contributed by atoms with van der Waals surface area (Å²) in [5.41, 5.74) is 0.418. The number of halogens is 3. The minimum atomic E-state index is 0.00192. The van der Waals surface area contributed by atoms with E-state index in [1.54, 1.807) is 0 Å². The number of piperidine rings is 1. The van der Waals surface area contributed by atoms with Crippen molar-refractivity contribution >= 4 is 63.4 Å². The summed E-state index contributed by atoms with van der Waals surface area (Å²) in [4.78, 5) is 15.3. The molecule has 2 aromatic heterocycles. The Kier molecular flexibility index (Phi) is 5.38. The third-order valence-corrected chi connectivity index (χ3v) is 5.70. The fourth-order valence-electron chi connectivity index (χ4n) is 2.81. The van der Waals surface area contributed by atoms with E-state index in [-0.39, 0.29) is 22.8 Å². The lowest BCUT2D eigenvalue weighted by atomic mass is 10.0. The first-order chi connectivity index (χ1) is 11.1. The molecule has 1 aliphatic heterocycles. The molecule has 2 aromatic rings. The summed E-state index contributed by atoms with van der Waals surface area (Å²) < 4.78 is 0. The number of thioether (sulfide) groups is 1. The minimum absolute atomic E-state index is 0.00192. The van der Waals surface area contributed by atoms with Crippen LogP contribution >= 0.6 is 46.6 Å². The molecular formula is C14H15Cl3N4OS. The van der Waals surface area contributed by atoms with Crippen LogP contribution in [-0.2, 0) is 0 Å². The van der Waals surface area contributed by atoms with Crippen molar-refractivity contribution in [3.8, 4) is 0 Å². The Morgan fingerprint density at radius 2 is 1.96 bits per heavy atom. The van der Waals surface area contributed by atoms with Crippen molar-refractivity contribution in [2.75, 3.05) is 24.3 Å². The van der Waals surface area contributed by atoms with Crippen molar-refractivity contribution in [1.82, 2.24) is 15.0 Å². The summed E-state index contributed by atoms with van der Waals surface area (Å²) in [7, 11) is 0. The lowest BCUT2D eigenvalue weighted by Crippen LogP contribution is -2.42. The van der Waals surface area contributed by atoms with Gasteiger partial charge in [-0.2, -0.15) is 0 Å². The summed E-state index contributed by atoms with van der Waals surface area (Å²) in [6.45, 7) is 0.855. The van der Waals surface area contributed by atoms with Gasteiger partial charge in [0.2, 0.25) is 0 Å². The molecule has 0 aromatic carbocycles. The van der Waals surface area contributed by atoms with E-state index < -0.39 is 0 Å². The van der Waals surface area contributed by atoms with Crippen LogP contribution in [-0.4, -0.2) is 45.5 Å². The number of aliphatic hydroxyl groups is 1. The van der Waals surface area contributed by atoms with E-state index in [2.05, 4.69) is 19.9 Å². The first kappa shape index (κ1) is 17.3. The number of anilines is 1. The Morgan fingerprint density at radius 1 is 1.17 bits per heavy atom. The first-order valence-electron chi connectivity index (χ1n) is 7.20. The Labute approximate surface area is 153 Å². The lowest BCUT2D eigenvalue weighted by Gasteiger charge is -2.36. The predicted molar refractivity (Wildman–Crippen MR) is 96.2 cm³/mol. The minimum Gasteiger partial charge on any atom is -0.394 e. The highest BCUT2D eigenvalue weighted by Gasteiger charge is 2.27. The molecule has 124 valence electrons. The molecule has 0 radical (unpaired) electrons. The smallest absolute Gasteiger partial charge is 0.191 e. The molecule has 0 aliphatic carbocycles. The Bertz CT molecular complexity index is 746. The zero-order valence-electron chi connectivity index (χ0n) is 12.4. The van der Waals surface area contributed by atoms with Crippen molar-refractivity contribution in [2.24, 2.45) is 0 Å². The summed E-state index contributed by atoms with van der Waals surface area (Å²) in [5, 5.41) is 11.5. The second kappa shape index (κ2) is 7.15. The van der Waals surface area contributed by atoms with Crippen LogP contribution in [0.1, 0.15) is 19.3 Å². The van der Waals surface area contributed by atoms with Gasteiger partial charge in [0.05, 0.1) is 28.1 Å². The van der Waals surface area contributed by atoms with Crippen LogP contribution in [0.3, 0.4) is 0 Å². The first-order valence-corrected chi connectivity index (χ1v) is 9.56. The van der Waals surface area contributed by atoms with E-state index in [0.717, 1.165) is 25.8 Å². The molecule has 1 fully saturated rings. The van der Waals surface area contributed by atoms with E-state index in [4.69, 9.17) is 34.8 Å². The average molecular weight is 394 g/mol. The molecule has 0 spiro atoms. The summed E-state index contributed by atoms with van der Waals surface area (Å²) in [6.07, 6.45) is 4.91. The predicted octanol–water partition coefficient (Wildman–Crippen LogP) is 4.06. The maximum absolute atomic E-state index is 9.70. The van der Waals surface area contributed by atoms with Gasteiger partial charge in [-0.3, -0.25) is 0 Å². The van der Waals surface area contributed by atoms with Gasteiger partial charge in [-0.15, -0.1) is 0 Å². The quantitative estimate of drug-likeness (QED) is 0.482. The number of aliphatic hydroxyl groups excluding tert-OH is 1. The van der Waals surface area contributed by atoms with Crippen molar-refractivity contribution in [1.29, 1.82) is 0 Å². The third-order valence-electron chi connectivity index (χ3n) is 3.94. The van der Waals surface area contributed by atoms with Crippen molar-refractivity contribution in [3.05, 3.63) is 15.2 Å². The van der Waals surface area contributed by atoms with Crippen molar-refractivity contribution in [3.63, 3.8) is 0 Å². The molecule has 23 heavy (non-hydrogen) atoms. The number of hydrogen-bond donors (Lipinski definition) is 1. The van der Waals surface area contributed by atoms with Crippen LogP contribution in [0, 0.1) is 0 Å². The summed E-state index contributed by atoms with van der Waals surface area (Å²) in [5.74, 6) is 0.661. The van der Waals surface area contributed by atoms with E-state index in [0.29, 0.717) is 27.0 Å². The molecule has 1 aliphatic rings. The molecule has 0 amide bonds. The van der Waals surface area contributed by atoms with Crippen LogP contribution in [0.15, 0.2) is 5.16 Å². The molecule has 0 unspecified atom stereocenters. The second-order valence-corrected chi connectivity index (χ2v) is 7.18. The largest absolute Gasteiger partial charge is 0.394 e. The van der Waals surface area contributed by atoms with Crippen LogP contribution in [0.25, 0.3) is 11.0 Å². The molecule has 0 bridgehead atoms. The van der Waals surface area contributed by atoms with E-state index in [9.17, 15) is 5.11 Å². The number of nitrogens with zero attached hydrogens (tertiary/aromatic N) is 4. The van der Waals surface area contributed by atoms with E-state index in [1.807, 2.05) is 6.26 Å². The molecule has 1 N–H and O–H groups in total. The molecular weight excluding hydrogens is 379 g/mol. The number of pyridine rings is 1. The van der Waals surface area contributed by atoms with Gasteiger partial charge in [-0.1, -0.05) is 46.6 Å². The van der Waals surface area contributed by atoms with Gasteiger partial charge in [0.1, 0.15) is 5.82 Å². The average Bonchev–Trinajstić information content (AvgIpc) is 2.58. The van der Waals surface area contributed by atoms with Crippen molar-refractivity contribution < 1.29 is 5.11 Å². The molecule has 1 saturated heterocycles. The molecule has 0 saturated carbocycles. The van der Waals surface area contributed by atoms with E-state index >= 15 is 0 Å². The monoisotopic (exact) mass is 392 g/mol. The Hall–Kier alpha value is -0.530. The third kappa shape index (κ3) is 3.20. The Morgan fingerprint density at radius 3 is 2.65 bits per heavy atom. The van der Waals surface area contributed by atoms with Crippen molar-refractivity contribution in [2.45, 2.75) is 30.5 Å². The zero-order chi connectivity index (χ0) is 16.6. The SMILES string of the molecule is CSc1nc(N2CCCC[C@H]2CO)c2c(Cl)c(Cl)c(Cl)nc2n1. The molecule has 9 heteroatoms. The van der Waals surface area contributed by atoms with Gasteiger partial charge in [-0.25, -0.2) is 15.0 Å². The standard InChI is InChI=1S/C14H15Cl3N4OS/c1-23-14-19-12-8(9(15)10(16)11(17)18-12)13(20-14)21-5-3-2-4-7(21)6-22/h7,22H,2-6H2,1H3/t7-/m0/s1. The summed E-state index contributed by atoms with van der Waals surface area (Å²) >= 11 is 20.0. The zero-order valence-corrected chi connectivity index (χ0v) is 15.5. The van der Waals surface area contributed by atoms with Gasteiger partial charge in [0.25, 0.3) is 0 Å². The van der Waals surface area contributed by atoms with Gasteiger partial charge in [-0.05, 0) is 25.5 Å². The van der Waals surface area contributed by atoms with Gasteiger partial charge >= 0.3 is 0 Å². The molecule has 5 nitrogen and oxygen atoms in total. The highest BCUT2D eigenvalue weighted by atomic mass is 35.5. The molecule has 3 rings (SSSR count). The van der Waals surface area contributed by atoms with Crippen LogP contribution < -0.4 is 4.90 Å². The van der Waals surface area contributed by atoms with Crippen LogP contribution in [0.5, 0.6) is 0 Å². The van der Waals surface area contributed by atoms with Crippen LogP contribution in [0.4, 0.5) is 5.82 Å². The molecule has 3 heterocycles. The number of aromatic nitrogens is 3. The maximum atomic E-state index is 9.70. The number of rotatable bonds is 3.